The molecular weight excluding hydrogens is 248 g/mol. The Bertz CT molecular complexity index is 440. The van der Waals surface area contributed by atoms with Crippen molar-refractivity contribution in [2.45, 2.75) is 44.9 Å². The molecule has 1 aromatic rings. The van der Waals surface area contributed by atoms with Crippen molar-refractivity contribution >= 4 is 5.91 Å². The molecule has 2 fully saturated rings. The molecule has 108 valence electrons. The van der Waals surface area contributed by atoms with E-state index in [-0.39, 0.29) is 5.91 Å². The van der Waals surface area contributed by atoms with E-state index < -0.39 is 0 Å². The zero-order valence-electron chi connectivity index (χ0n) is 12.1. The molecule has 3 heteroatoms. The third kappa shape index (κ3) is 3.20. The molecule has 3 nitrogen and oxygen atoms in total. The number of likely N-dealkylation sites (tertiary alicyclic amines) is 1. The molecule has 1 aliphatic heterocycles. The Morgan fingerprint density at radius 1 is 1.10 bits per heavy atom. The van der Waals surface area contributed by atoms with Crippen LogP contribution >= 0.6 is 0 Å². The molecule has 0 radical (unpaired) electrons. The minimum Gasteiger partial charge on any atom is -0.342 e. The summed E-state index contributed by atoms with van der Waals surface area (Å²) >= 11 is 0. The molecule has 0 spiro atoms. The van der Waals surface area contributed by atoms with Gasteiger partial charge >= 0.3 is 0 Å². The minimum atomic E-state index is 0.287. The van der Waals surface area contributed by atoms with E-state index in [0.29, 0.717) is 6.42 Å². The van der Waals surface area contributed by atoms with Crippen LogP contribution in [0.3, 0.4) is 0 Å². The standard InChI is InChI=1S/C17H24N2O/c20-17(12-14-6-9-18-10-7-14)19-11-8-16(13-19)15-4-2-1-3-5-15/h6-7,9-10,15-16H,1-5,8,11-13H2. The Labute approximate surface area is 121 Å². The van der Waals surface area contributed by atoms with E-state index in [1.807, 2.05) is 12.1 Å². The van der Waals surface area contributed by atoms with Gasteiger partial charge in [-0.05, 0) is 36.0 Å². The van der Waals surface area contributed by atoms with Crippen molar-refractivity contribution in [3.05, 3.63) is 30.1 Å². The van der Waals surface area contributed by atoms with E-state index in [1.54, 1.807) is 12.4 Å². The predicted molar refractivity (Wildman–Crippen MR) is 79.2 cm³/mol. The Morgan fingerprint density at radius 3 is 2.60 bits per heavy atom. The van der Waals surface area contributed by atoms with Crippen LogP contribution in [-0.2, 0) is 11.2 Å². The summed E-state index contributed by atoms with van der Waals surface area (Å²) in [5.41, 5.74) is 1.08. The summed E-state index contributed by atoms with van der Waals surface area (Å²) in [4.78, 5) is 18.4. The zero-order valence-corrected chi connectivity index (χ0v) is 12.1. The van der Waals surface area contributed by atoms with Gasteiger partial charge in [0.05, 0.1) is 6.42 Å². The fourth-order valence-corrected chi connectivity index (χ4v) is 3.79. The van der Waals surface area contributed by atoms with Crippen molar-refractivity contribution < 1.29 is 4.79 Å². The first-order valence-corrected chi connectivity index (χ1v) is 7.99. The van der Waals surface area contributed by atoms with Gasteiger partial charge in [0.1, 0.15) is 0 Å². The number of rotatable bonds is 3. The van der Waals surface area contributed by atoms with Gasteiger partial charge < -0.3 is 4.90 Å². The van der Waals surface area contributed by atoms with Gasteiger partial charge in [0.15, 0.2) is 0 Å². The SMILES string of the molecule is O=C(Cc1ccncc1)N1CCC(C2CCCCC2)C1. The van der Waals surface area contributed by atoms with Gasteiger partial charge in [-0.3, -0.25) is 9.78 Å². The molecule has 1 saturated heterocycles. The molecule has 1 unspecified atom stereocenters. The maximum Gasteiger partial charge on any atom is 0.227 e. The third-order valence-electron chi connectivity index (χ3n) is 5.00. The lowest BCUT2D eigenvalue weighted by atomic mass is 9.80. The van der Waals surface area contributed by atoms with E-state index in [9.17, 15) is 4.79 Å². The average molecular weight is 272 g/mol. The van der Waals surface area contributed by atoms with E-state index in [2.05, 4.69) is 9.88 Å². The first kappa shape index (κ1) is 13.6. The minimum absolute atomic E-state index is 0.287. The van der Waals surface area contributed by atoms with Gasteiger partial charge in [-0.2, -0.15) is 0 Å². The molecule has 3 rings (SSSR count). The summed E-state index contributed by atoms with van der Waals surface area (Å²) in [6, 6.07) is 3.87. The number of nitrogens with zero attached hydrogens (tertiary/aromatic N) is 2. The second kappa shape index (κ2) is 6.38. The second-order valence-corrected chi connectivity index (χ2v) is 6.32. The van der Waals surface area contributed by atoms with Crippen LogP contribution in [0.15, 0.2) is 24.5 Å². The molecule has 1 aliphatic carbocycles. The summed E-state index contributed by atoms with van der Waals surface area (Å²) in [7, 11) is 0. The lowest BCUT2D eigenvalue weighted by Gasteiger charge is -2.27. The summed E-state index contributed by atoms with van der Waals surface area (Å²) in [5.74, 6) is 1.92. The van der Waals surface area contributed by atoms with Gasteiger partial charge in [-0.15, -0.1) is 0 Å². The highest BCUT2D eigenvalue weighted by Gasteiger charge is 2.32. The number of carbonyl (C=O) groups is 1. The molecule has 20 heavy (non-hydrogen) atoms. The van der Waals surface area contributed by atoms with Gasteiger partial charge in [0.25, 0.3) is 0 Å². The number of pyridine rings is 1. The Balaban J connectivity index is 1.52. The lowest BCUT2D eigenvalue weighted by Crippen LogP contribution is -2.31. The van der Waals surface area contributed by atoms with E-state index in [1.165, 1.54) is 38.5 Å². The topological polar surface area (TPSA) is 33.2 Å². The van der Waals surface area contributed by atoms with Crippen molar-refractivity contribution in [3.8, 4) is 0 Å². The molecule has 2 aliphatic rings. The Kier molecular flexibility index (Phi) is 4.34. The third-order valence-corrected chi connectivity index (χ3v) is 5.00. The smallest absolute Gasteiger partial charge is 0.227 e. The Morgan fingerprint density at radius 2 is 1.85 bits per heavy atom. The monoisotopic (exact) mass is 272 g/mol. The number of hydrogen-bond acceptors (Lipinski definition) is 2. The number of aromatic nitrogens is 1. The molecule has 0 aromatic carbocycles. The predicted octanol–water partition coefficient (Wildman–Crippen LogP) is 3.05. The summed E-state index contributed by atoms with van der Waals surface area (Å²) in [6.07, 6.45) is 12.2. The van der Waals surface area contributed by atoms with Crippen LogP contribution in [0, 0.1) is 11.8 Å². The van der Waals surface area contributed by atoms with E-state index in [0.717, 1.165) is 30.5 Å². The van der Waals surface area contributed by atoms with Crippen LogP contribution in [0.25, 0.3) is 0 Å². The van der Waals surface area contributed by atoms with E-state index in [4.69, 9.17) is 0 Å². The normalized spacial score (nSPS) is 24.0. The average Bonchev–Trinajstić information content (AvgIpc) is 2.99. The highest BCUT2D eigenvalue weighted by molar-refractivity contribution is 5.79. The second-order valence-electron chi connectivity index (χ2n) is 6.32. The maximum atomic E-state index is 12.3. The maximum absolute atomic E-state index is 12.3. The molecule has 2 heterocycles. The highest BCUT2D eigenvalue weighted by atomic mass is 16.2. The Hall–Kier alpha value is -1.38. The van der Waals surface area contributed by atoms with Crippen molar-refractivity contribution in [2.24, 2.45) is 11.8 Å². The zero-order chi connectivity index (χ0) is 13.8. The summed E-state index contributed by atoms with van der Waals surface area (Å²) < 4.78 is 0. The van der Waals surface area contributed by atoms with Crippen molar-refractivity contribution in [2.75, 3.05) is 13.1 Å². The van der Waals surface area contributed by atoms with Crippen molar-refractivity contribution in [1.82, 2.24) is 9.88 Å². The van der Waals surface area contributed by atoms with Crippen molar-refractivity contribution in [1.29, 1.82) is 0 Å². The lowest BCUT2D eigenvalue weighted by molar-refractivity contribution is -0.129. The fraction of sp³-hybridized carbons (Fsp3) is 0.647. The quantitative estimate of drug-likeness (QED) is 0.847. The van der Waals surface area contributed by atoms with Crippen LogP contribution in [0.2, 0.25) is 0 Å². The molecule has 1 aromatic heterocycles. The molecule has 0 bridgehead atoms. The van der Waals surface area contributed by atoms with Crippen LogP contribution < -0.4 is 0 Å². The highest BCUT2D eigenvalue weighted by Crippen LogP contribution is 2.35. The molecule has 1 amide bonds. The van der Waals surface area contributed by atoms with Gasteiger partial charge in [-0.25, -0.2) is 0 Å². The van der Waals surface area contributed by atoms with Crippen molar-refractivity contribution in [3.63, 3.8) is 0 Å². The molecular formula is C17H24N2O. The van der Waals surface area contributed by atoms with Crippen LogP contribution in [0.4, 0.5) is 0 Å². The first-order valence-electron chi connectivity index (χ1n) is 7.99. The van der Waals surface area contributed by atoms with Gasteiger partial charge in [-0.1, -0.05) is 32.1 Å². The number of amides is 1. The number of carbonyl (C=O) groups excluding carboxylic acids is 1. The fourth-order valence-electron chi connectivity index (χ4n) is 3.79. The molecule has 1 saturated carbocycles. The van der Waals surface area contributed by atoms with Crippen LogP contribution in [0.5, 0.6) is 0 Å². The van der Waals surface area contributed by atoms with E-state index >= 15 is 0 Å². The molecule has 0 N–H and O–H groups in total. The van der Waals surface area contributed by atoms with Crippen LogP contribution in [0.1, 0.15) is 44.1 Å². The molecule has 1 atom stereocenters. The summed E-state index contributed by atoms with van der Waals surface area (Å²) in [5, 5.41) is 0. The largest absolute Gasteiger partial charge is 0.342 e. The number of hydrogen-bond donors (Lipinski definition) is 0. The summed E-state index contributed by atoms with van der Waals surface area (Å²) in [6.45, 7) is 1.96. The van der Waals surface area contributed by atoms with Gasteiger partial charge in [0.2, 0.25) is 5.91 Å². The first-order chi connectivity index (χ1) is 9.83. The van der Waals surface area contributed by atoms with Gasteiger partial charge in [0, 0.05) is 25.5 Å². The van der Waals surface area contributed by atoms with Crippen LogP contribution in [-0.4, -0.2) is 28.9 Å².